The second kappa shape index (κ2) is 5.10. The van der Waals surface area contributed by atoms with Crippen molar-refractivity contribution in [3.05, 3.63) is 16.4 Å². The Morgan fingerprint density at radius 2 is 1.84 bits per heavy atom. The molecule has 1 N–H and O–H groups in total. The molecule has 0 amide bonds. The van der Waals surface area contributed by atoms with E-state index in [1.165, 1.54) is 0 Å². The lowest BCUT2D eigenvalue weighted by Crippen LogP contribution is -2.39. The molecule has 3 nitrogen and oxygen atoms in total. The van der Waals surface area contributed by atoms with E-state index in [1.54, 1.807) is 0 Å². The summed E-state index contributed by atoms with van der Waals surface area (Å²) in [6.07, 6.45) is 5.29. The van der Waals surface area contributed by atoms with Gasteiger partial charge < -0.3 is 5.11 Å². The van der Waals surface area contributed by atoms with Crippen LogP contribution in [0.15, 0.2) is 0 Å². The van der Waals surface area contributed by atoms with E-state index in [2.05, 4.69) is 25.9 Å². The third-order valence-electron chi connectivity index (χ3n) is 4.53. The lowest BCUT2D eigenvalue weighted by Gasteiger charge is -2.40. The van der Waals surface area contributed by atoms with Crippen LogP contribution in [-0.4, -0.2) is 20.5 Å². The van der Waals surface area contributed by atoms with Gasteiger partial charge in [-0.15, -0.1) is 0 Å². The Kier molecular flexibility index (Phi) is 3.99. The molecular weight excluding hydrogens is 260 g/mol. The minimum atomic E-state index is -0.613. The first-order chi connectivity index (χ1) is 8.76. The van der Waals surface area contributed by atoms with Crippen LogP contribution in [0.1, 0.15) is 57.8 Å². The van der Waals surface area contributed by atoms with E-state index < -0.39 is 5.60 Å². The smallest absolute Gasteiger partial charge is 0.0850 e. The van der Waals surface area contributed by atoms with Crippen LogP contribution >= 0.6 is 11.6 Å². The van der Waals surface area contributed by atoms with E-state index in [4.69, 9.17) is 11.6 Å². The number of aryl methyl sites for hydroxylation is 2. The summed E-state index contributed by atoms with van der Waals surface area (Å²) in [7, 11) is 1.91. The Morgan fingerprint density at radius 3 is 2.32 bits per heavy atom. The van der Waals surface area contributed by atoms with Crippen LogP contribution in [0.5, 0.6) is 0 Å². The Balaban J connectivity index is 2.15. The Morgan fingerprint density at radius 1 is 1.26 bits per heavy atom. The van der Waals surface area contributed by atoms with Crippen LogP contribution in [0.3, 0.4) is 0 Å². The van der Waals surface area contributed by atoms with Crippen molar-refractivity contribution in [2.24, 2.45) is 12.5 Å². The first kappa shape index (κ1) is 14.9. The van der Waals surface area contributed by atoms with Gasteiger partial charge in [-0.3, -0.25) is 4.68 Å². The van der Waals surface area contributed by atoms with Crippen molar-refractivity contribution in [3.8, 4) is 0 Å². The SMILES string of the molecule is CCc1nn(C)c(CC2(O)CCC(C)(C)CC2)c1Cl. The monoisotopic (exact) mass is 284 g/mol. The summed E-state index contributed by atoms with van der Waals surface area (Å²) in [6, 6.07) is 0. The van der Waals surface area contributed by atoms with E-state index in [-0.39, 0.29) is 0 Å². The molecule has 1 aromatic rings. The number of hydrogen-bond acceptors (Lipinski definition) is 2. The van der Waals surface area contributed by atoms with Gasteiger partial charge in [0.1, 0.15) is 0 Å². The summed E-state index contributed by atoms with van der Waals surface area (Å²) in [5.74, 6) is 0. The quantitative estimate of drug-likeness (QED) is 0.922. The normalized spacial score (nSPS) is 21.6. The molecule has 1 aliphatic carbocycles. The number of hydrogen-bond donors (Lipinski definition) is 1. The fourth-order valence-corrected chi connectivity index (χ4v) is 3.25. The van der Waals surface area contributed by atoms with Crippen molar-refractivity contribution in [2.45, 2.75) is 64.9 Å². The second-order valence-corrected chi connectivity index (χ2v) is 7.13. The van der Waals surface area contributed by atoms with Crippen molar-refractivity contribution in [2.75, 3.05) is 0 Å². The van der Waals surface area contributed by atoms with Crippen LogP contribution in [0.4, 0.5) is 0 Å². The standard InChI is InChI=1S/C15H25ClN2O/c1-5-11-13(16)12(18(4)17-11)10-15(19)8-6-14(2,3)7-9-15/h19H,5-10H2,1-4H3. The maximum absolute atomic E-state index is 10.8. The first-order valence-electron chi connectivity index (χ1n) is 7.19. The molecule has 1 aliphatic rings. The van der Waals surface area contributed by atoms with Crippen molar-refractivity contribution >= 4 is 11.6 Å². The largest absolute Gasteiger partial charge is 0.389 e. The van der Waals surface area contributed by atoms with E-state index in [9.17, 15) is 5.11 Å². The highest BCUT2D eigenvalue weighted by molar-refractivity contribution is 6.31. The highest BCUT2D eigenvalue weighted by atomic mass is 35.5. The Bertz CT molecular complexity index is 455. The van der Waals surface area contributed by atoms with Gasteiger partial charge in [0.2, 0.25) is 0 Å². The zero-order chi connectivity index (χ0) is 14.3. The zero-order valence-corrected chi connectivity index (χ0v) is 13.2. The number of aromatic nitrogens is 2. The van der Waals surface area contributed by atoms with Gasteiger partial charge in [0.25, 0.3) is 0 Å². The lowest BCUT2D eigenvalue weighted by atomic mass is 9.69. The summed E-state index contributed by atoms with van der Waals surface area (Å²) in [6.45, 7) is 6.60. The van der Waals surface area contributed by atoms with Gasteiger partial charge in [-0.25, -0.2) is 0 Å². The fraction of sp³-hybridized carbons (Fsp3) is 0.800. The van der Waals surface area contributed by atoms with Crippen molar-refractivity contribution in [1.29, 1.82) is 0 Å². The van der Waals surface area contributed by atoms with Crippen molar-refractivity contribution in [1.82, 2.24) is 9.78 Å². The predicted octanol–water partition coefficient (Wildman–Crippen LogP) is 3.51. The van der Waals surface area contributed by atoms with E-state index in [0.717, 1.165) is 48.5 Å². The van der Waals surface area contributed by atoms with Gasteiger partial charge >= 0.3 is 0 Å². The van der Waals surface area contributed by atoms with Gasteiger partial charge in [0, 0.05) is 13.5 Å². The Hall–Kier alpha value is -0.540. The molecule has 19 heavy (non-hydrogen) atoms. The minimum absolute atomic E-state index is 0.358. The summed E-state index contributed by atoms with van der Waals surface area (Å²) in [5, 5.41) is 16.0. The van der Waals surface area contributed by atoms with Crippen LogP contribution in [0, 0.1) is 5.41 Å². The lowest BCUT2D eigenvalue weighted by molar-refractivity contribution is -0.0263. The molecule has 1 aromatic heterocycles. The average molecular weight is 285 g/mol. The van der Waals surface area contributed by atoms with Gasteiger partial charge in [-0.2, -0.15) is 5.10 Å². The van der Waals surface area contributed by atoms with Crippen LogP contribution in [0.25, 0.3) is 0 Å². The molecule has 1 fully saturated rings. The van der Waals surface area contributed by atoms with Crippen LogP contribution in [-0.2, 0) is 19.9 Å². The van der Waals surface area contributed by atoms with E-state index >= 15 is 0 Å². The summed E-state index contributed by atoms with van der Waals surface area (Å²) in [5.41, 5.74) is 1.65. The number of halogens is 1. The maximum atomic E-state index is 10.8. The molecule has 2 rings (SSSR count). The summed E-state index contributed by atoms with van der Waals surface area (Å²) >= 11 is 6.37. The molecule has 0 atom stereocenters. The minimum Gasteiger partial charge on any atom is -0.389 e. The molecule has 1 saturated carbocycles. The molecule has 0 bridgehead atoms. The molecule has 0 aromatic carbocycles. The molecule has 4 heteroatoms. The number of rotatable bonds is 3. The number of aliphatic hydroxyl groups is 1. The Labute approximate surface area is 121 Å². The van der Waals surface area contributed by atoms with Gasteiger partial charge in [-0.05, 0) is 37.5 Å². The molecule has 0 saturated heterocycles. The van der Waals surface area contributed by atoms with E-state index in [0.29, 0.717) is 11.8 Å². The van der Waals surface area contributed by atoms with Crippen LogP contribution < -0.4 is 0 Å². The topological polar surface area (TPSA) is 38.0 Å². The third-order valence-corrected chi connectivity index (χ3v) is 4.97. The number of nitrogens with zero attached hydrogens (tertiary/aromatic N) is 2. The molecule has 0 spiro atoms. The highest BCUT2D eigenvalue weighted by Gasteiger charge is 2.38. The molecule has 0 unspecified atom stereocenters. The molecule has 108 valence electrons. The average Bonchev–Trinajstić information content (AvgIpc) is 2.61. The van der Waals surface area contributed by atoms with Crippen LogP contribution in [0.2, 0.25) is 5.02 Å². The maximum Gasteiger partial charge on any atom is 0.0850 e. The van der Waals surface area contributed by atoms with Crippen molar-refractivity contribution < 1.29 is 5.11 Å². The van der Waals surface area contributed by atoms with Crippen molar-refractivity contribution in [3.63, 3.8) is 0 Å². The molecule has 0 aliphatic heterocycles. The third kappa shape index (κ3) is 3.14. The predicted molar refractivity (Wildman–Crippen MR) is 78.5 cm³/mol. The molecule has 1 heterocycles. The van der Waals surface area contributed by atoms with Gasteiger partial charge in [0.15, 0.2) is 0 Å². The molecular formula is C15H25ClN2O. The zero-order valence-electron chi connectivity index (χ0n) is 12.5. The van der Waals surface area contributed by atoms with Gasteiger partial charge in [-0.1, -0.05) is 32.4 Å². The molecule has 0 radical (unpaired) electrons. The summed E-state index contributed by atoms with van der Waals surface area (Å²) in [4.78, 5) is 0. The fourth-order valence-electron chi connectivity index (χ4n) is 2.89. The highest BCUT2D eigenvalue weighted by Crippen LogP contribution is 2.42. The summed E-state index contributed by atoms with van der Waals surface area (Å²) < 4.78 is 1.83. The first-order valence-corrected chi connectivity index (χ1v) is 7.57. The van der Waals surface area contributed by atoms with Gasteiger partial charge in [0.05, 0.1) is 22.0 Å². The van der Waals surface area contributed by atoms with E-state index in [1.807, 2.05) is 11.7 Å². The second-order valence-electron chi connectivity index (χ2n) is 6.75.